The molecular weight excluding hydrogens is 634 g/mol. The summed E-state index contributed by atoms with van der Waals surface area (Å²) in [6.07, 6.45) is -0.748. The highest BCUT2D eigenvalue weighted by Gasteiger charge is 2.29. The Morgan fingerprint density at radius 1 is 0.653 bits per heavy atom. The van der Waals surface area contributed by atoms with Crippen molar-refractivity contribution in [3.05, 3.63) is 102 Å². The van der Waals surface area contributed by atoms with E-state index >= 15 is 0 Å². The minimum atomic E-state index is -1.31. The van der Waals surface area contributed by atoms with E-state index in [0.717, 1.165) is 5.56 Å². The van der Waals surface area contributed by atoms with E-state index < -0.39 is 59.4 Å². The first kappa shape index (κ1) is 37.5. The third-order valence-electron chi connectivity index (χ3n) is 6.75. The lowest BCUT2D eigenvalue weighted by Crippen LogP contribution is -2.58. The predicted molar refractivity (Wildman–Crippen MR) is 177 cm³/mol. The van der Waals surface area contributed by atoms with Crippen molar-refractivity contribution < 1.29 is 43.3 Å². The summed E-state index contributed by atoms with van der Waals surface area (Å²) in [4.78, 5) is 76.8. The van der Waals surface area contributed by atoms with Crippen molar-refractivity contribution in [3.63, 3.8) is 0 Å². The molecule has 0 aliphatic heterocycles. The number of hydrogen-bond acceptors (Lipinski definition) is 9. The SMILES string of the molecule is C[C@H](NC(=O)[C@H](Cc1ccccc1)NC(=O)OC(C)(C)C)C(=O)NNC(=O)[C@H](Cc1ccccc1)NC(=O)C(=O)OCc1ccc(O)cc1. The largest absolute Gasteiger partial charge is 0.508 e. The van der Waals surface area contributed by atoms with Crippen molar-refractivity contribution in [2.24, 2.45) is 0 Å². The van der Waals surface area contributed by atoms with E-state index in [1.54, 1.807) is 75.4 Å². The molecule has 3 aromatic carbocycles. The van der Waals surface area contributed by atoms with Crippen molar-refractivity contribution in [2.45, 2.75) is 70.9 Å². The van der Waals surface area contributed by atoms with E-state index in [2.05, 4.69) is 26.8 Å². The second kappa shape index (κ2) is 17.8. The maximum atomic E-state index is 13.2. The molecule has 3 atom stereocenters. The Balaban J connectivity index is 1.61. The number of ether oxygens (including phenoxy) is 2. The third kappa shape index (κ3) is 13.4. The van der Waals surface area contributed by atoms with Gasteiger partial charge in [0.1, 0.15) is 36.1 Å². The molecule has 3 aromatic rings. The van der Waals surface area contributed by atoms with Crippen LogP contribution in [0.3, 0.4) is 0 Å². The van der Waals surface area contributed by atoms with Crippen LogP contribution in [0.1, 0.15) is 44.4 Å². The van der Waals surface area contributed by atoms with Gasteiger partial charge in [-0.1, -0.05) is 72.8 Å². The summed E-state index contributed by atoms with van der Waals surface area (Å²) in [5.74, 6) is -4.76. The summed E-state index contributed by atoms with van der Waals surface area (Å²) in [6, 6.07) is 19.8. The Labute approximate surface area is 283 Å². The van der Waals surface area contributed by atoms with Crippen LogP contribution in [-0.2, 0) is 52.9 Å². The zero-order valence-corrected chi connectivity index (χ0v) is 27.6. The first-order valence-electron chi connectivity index (χ1n) is 15.4. The summed E-state index contributed by atoms with van der Waals surface area (Å²) in [7, 11) is 0. The molecule has 0 bridgehead atoms. The number of hydrazine groups is 1. The first-order valence-corrected chi connectivity index (χ1v) is 15.4. The lowest BCUT2D eigenvalue weighted by molar-refractivity contribution is -0.156. The fraction of sp³-hybridized carbons (Fsp3) is 0.314. The standard InChI is InChI=1S/C35H41N5O9/c1-22(36-30(43)27(19-23-11-7-5-8-12-23)38-34(47)49-35(2,3)4)29(42)39-40-31(44)28(20-24-13-9-6-10-14-24)37-32(45)33(46)48-21-25-15-17-26(41)18-16-25/h5-18,22,27-28,41H,19-21H2,1-4H3,(H,36,43)(H,37,45)(H,38,47)(H,39,42)(H,40,44)/t22-,27-,28-/m0/s1. The van der Waals surface area contributed by atoms with Gasteiger partial charge in [0.05, 0.1) is 0 Å². The van der Waals surface area contributed by atoms with E-state index in [4.69, 9.17) is 9.47 Å². The molecular formula is C35H41N5O9. The molecule has 0 aliphatic rings. The van der Waals surface area contributed by atoms with Crippen molar-refractivity contribution in [3.8, 4) is 5.75 Å². The van der Waals surface area contributed by atoms with Gasteiger partial charge in [-0.05, 0) is 56.5 Å². The van der Waals surface area contributed by atoms with Gasteiger partial charge >= 0.3 is 18.0 Å². The highest BCUT2D eigenvalue weighted by molar-refractivity contribution is 6.32. The van der Waals surface area contributed by atoms with Gasteiger partial charge in [0.15, 0.2) is 0 Å². The molecule has 3 rings (SSSR count). The summed E-state index contributed by atoms with van der Waals surface area (Å²) >= 11 is 0. The van der Waals surface area contributed by atoms with Gasteiger partial charge in [0.25, 0.3) is 11.8 Å². The second-order valence-corrected chi connectivity index (χ2v) is 12.1. The molecule has 0 aromatic heterocycles. The van der Waals surface area contributed by atoms with Crippen LogP contribution >= 0.6 is 0 Å². The molecule has 0 heterocycles. The molecule has 0 radical (unpaired) electrons. The Kier molecular flexibility index (Phi) is 13.7. The molecule has 0 saturated heterocycles. The van der Waals surface area contributed by atoms with Crippen LogP contribution in [0.5, 0.6) is 5.75 Å². The van der Waals surface area contributed by atoms with Gasteiger partial charge in [-0.25, -0.2) is 9.59 Å². The molecule has 260 valence electrons. The van der Waals surface area contributed by atoms with Gasteiger partial charge < -0.3 is 30.5 Å². The predicted octanol–water partition coefficient (Wildman–Crippen LogP) is 1.95. The Bertz CT molecular complexity index is 1590. The minimum absolute atomic E-state index is 0.0221. The normalized spacial score (nSPS) is 12.7. The van der Waals surface area contributed by atoms with E-state index in [-0.39, 0.29) is 25.2 Å². The van der Waals surface area contributed by atoms with Crippen molar-refractivity contribution in [2.75, 3.05) is 0 Å². The summed E-state index contributed by atoms with van der Waals surface area (Å²) in [5.41, 5.74) is 5.54. The van der Waals surface area contributed by atoms with Crippen LogP contribution < -0.4 is 26.8 Å². The maximum absolute atomic E-state index is 13.2. The van der Waals surface area contributed by atoms with Crippen LogP contribution in [0.2, 0.25) is 0 Å². The average molecular weight is 676 g/mol. The molecule has 0 spiro atoms. The quantitative estimate of drug-likeness (QED) is 0.0943. The topological polar surface area (TPSA) is 201 Å². The number of phenolic OH excluding ortho intramolecular Hbond substituents is 1. The van der Waals surface area contributed by atoms with Crippen LogP contribution in [0.15, 0.2) is 84.9 Å². The lowest BCUT2D eigenvalue weighted by atomic mass is 10.0. The van der Waals surface area contributed by atoms with Crippen LogP contribution in [0.4, 0.5) is 4.79 Å². The number of esters is 1. The molecule has 0 saturated carbocycles. The van der Waals surface area contributed by atoms with Crippen molar-refractivity contribution in [1.82, 2.24) is 26.8 Å². The number of benzene rings is 3. The van der Waals surface area contributed by atoms with Gasteiger partial charge in [-0.3, -0.25) is 30.0 Å². The number of hydrogen-bond donors (Lipinski definition) is 6. The molecule has 14 heteroatoms. The van der Waals surface area contributed by atoms with E-state index in [1.165, 1.54) is 31.2 Å². The van der Waals surface area contributed by atoms with Gasteiger partial charge in [0, 0.05) is 12.8 Å². The second-order valence-electron chi connectivity index (χ2n) is 12.1. The van der Waals surface area contributed by atoms with E-state index in [0.29, 0.717) is 11.1 Å². The number of carbonyl (C=O) groups is 6. The molecule has 5 amide bonds. The minimum Gasteiger partial charge on any atom is -0.508 e. The number of phenols is 1. The number of alkyl carbamates (subject to hydrolysis) is 1. The molecule has 6 N–H and O–H groups in total. The number of carbonyl (C=O) groups excluding carboxylic acids is 6. The third-order valence-corrected chi connectivity index (χ3v) is 6.75. The highest BCUT2D eigenvalue weighted by atomic mass is 16.6. The fourth-order valence-electron chi connectivity index (χ4n) is 4.29. The van der Waals surface area contributed by atoms with Crippen molar-refractivity contribution in [1.29, 1.82) is 0 Å². The smallest absolute Gasteiger partial charge is 0.408 e. The van der Waals surface area contributed by atoms with Gasteiger partial charge in [-0.15, -0.1) is 0 Å². The summed E-state index contributed by atoms with van der Waals surface area (Å²) in [5, 5.41) is 16.8. The number of nitrogens with one attached hydrogen (secondary N) is 5. The Morgan fingerprint density at radius 2 is 1.16 bits per heavy atom. The highest BCUT2D eigenvalue weighted by Crippen LogP contribution is 2.11. The fourth-order valence-corrected chi connectivity index (χ4v) is 4.29. The summed E-state index contributed by atoms with van der Waals surface area (Å²) in [6.45, 7) is 6.17. The maximum Gasteiger partial charge on any atom is 0.408 e. The van der Waals surface area contributed by atoms with Gasteiger partial charge in [0.2, 0.25) is 5.91 Å². The number of aromatic hydroxyl groups is 1. The van der Waals surface area contributed by atoms with Gasteiger partial charge in [-0.2, -0.15) is 0 Å². The van der Waals surface area contributed by atoms with E-state index in [1.807, 2.05) is 6.07 Å². The molecule has 14 nitrogen and oxygen atoms in total. The Morgan fingerprint density at radius 3 is 1.69 bits per heavy atom. The zero-order chi connectivity index (χ0) is 36.0. The molecule has 0 unspecified atom stereocenters. The molecule has 0 aliphatic carbocycles. The number of rotatable bonds is 12. The number of amides is 5. The zero-order valence-electron chi connectivity index (χ0n) is 27.6. The molecule has 0 fully saturated rings. The molecule has 49 heavy (non-hydrogen) atoms. The van der Waals surface area contributed by atoms with Crippen molar-refractivity contribution >= 4 is 35.7 Å². The van der Waals surface area contributed by atoms with E-state index in [9.17, 15) is 33.9 Å². The Hall–Kier alpha value is -5.92. The average Bonchev–Trinajstić information content (AvgIpc) is 3.06. The monoisotopic (exact) mass is 675 g/mol. The summed E-state index contributed by atoms with van der Waals surface area (Å²) < 4.78 is 10.3. The first-order chi connectivity index (χ1) is 23.2. The lowest BCUT2D eigenvalue weighted by Gasteiger charge is -2.24. The van der Waals surface area contributed by atoms with Crippen LogP contribution in [0, 0.1) is 0 Å². The van der Waals surface area contributed by atoms with Crippen LogP contribution in [-0.4, -0.2) is 64.5 Å². The van der Waals surface area contributed by atoms with Crippen LogP contribution in [0.25, 0.3) is 0 Å².